The lowest BCUT2D eigenvalue weighted by Crippen LogP contribution is -2.49. The average molecular weight is 348 g/mol. The van der Waals surface area contributed by atoms with Gasteiger partial charge >= 0.3 is 0 Å². The maximum atomic E-state index is 12.1. The van der Waals surface area contributed by atoms with Gasteiger partial charge in [-0.2, -0.15) is 0 Å². The molecule has 4 nitrogen and oxygen atoms in total. The van der Waals surface area contributed by atoms with Crippen LogP contribution in [0.3, 0.4) is 0 Å². The smallest absolute Gasteiger partial charge is 0.237 e. The van der Waals surface area contributed by atoms with Crippen LogP contribution in [0.15, 0.2) is 30.3 Å². The molecule has 0 bridgehead atoms. The van der Waals surface area contributed by atoms with Crippen molar-refractivity contribution in [3.05, 3.63) is 30.3 Å². The molecule has 0 radical (unpaired) electrons. The molecule has 0 spiro atoms. The lowest BCUT2D eigenvalue weighted by atomic mass is 10.0. The van der Waals surface area contributed by atoms with E-state index in [-0.39, 0.29) is 42.8 Å². The van der Waals surface area contributed by atoms with E-state index in [2.05, 4.69) is 41.6 Å². The molecule has 1 saturated heterocycles. The van der Waals surface area contributed by atoms with Gasteiger partial charge in [0.2, 0.25) is 5.91 Å². The van der Waals surface area contributed by atoms with Gasteiger partial charge in [-0.1, -0.05) is 24.6 Å². The number of amides is 1. The fourth-order valence-electron chi connectivity index (χ4n) is 2.50. The van der Waals surface area contributed by atoms with E-state index in [1.807, 2.05) is 18.2 Å². The van der Waals surface area contributed by atoms with E-state index in [0.717, 1.165) is 19.4 Å². The summed E-state index contributed by atoms with van der Waals surface area (Å²) in [5.74, 6) is 0.137. The Balaban J connectivity index is 0.00000220. The highest BCUT2D eigenvalue weighted by molar-refractivity contribution is 5.85. The zero-order chi connectivity index (χ0) is 14.4. The molecule has 6 heteroatoms. The van der Waals surface area contributed by atoms with E-state index >= 15 is 0 Å². The van der Waals surface area contributed by atoms with Crippen LogP contribution in [0, 0.1) is 0 Å². The van der Waals surface area contributed by atoms with Crippen molar-refractivity contribution in [1.82, 2.24) is 10.6 Å². The summed E-state index contributed by atoms with van der Waals surface area (Å²) in [5.41, 5.74) is 1.17. The molecule has 22 heavy (non-hydrogen) atoms. The van der Waals surface area contributed by atoms with Gasteiger partial charge in [-0.25, -0.2) is 0 Å². The molecule has 0 saturated carbocycles. The Kier molecular flexibility index (Phi) is 10.2. The first-order valence-corrected chi connectivity index (χ1v) is 7.47. The van der Waals surface area contributed by atoms with Crippen molar-refractivity contribution < 1.29 is 4.79 Å². The summed E-state index contributed by atoms with van der Waals surface area (Å²) < 4.78 is 0. The van der Waals surface area contributed by atoms with Gasteiger partial charge in [0.15, 0.2) is 0 Å². The molecule has 1 aromatic carbocycles. The molecule has 2 rings (SSSR count). The topological polar surface area (TPSA) is 44.4 Å². The summed E-state index contributed by atoms with van der Waals surface area (Å²) in [5, 5.41) is 6.34. The Hall–Kier alpha value is -0.970. The predicted molar refractivity (Wildman–Crippen MR) is 97.5 cm³/mol. The maximum absolute atomic E-state index is 12.1. The standard InChI is InChI=1S/C16H25N3O.2ClH/c1-13(19(2)14-8-4-3-5-9-14)12-18-16(20)15-10-6-7-11-17-15;;/h3-5,8-9,13,15,17H,6-7,10-12H2,1-2H3,(H,18,20);2*1H. The third-order valence-corrected chi connectivity index (χ3v) is 4.02. The van der Waals surface area contributed by atoms with Crippen LogP contribution in [0.2, 0.25) is 0 Å². The number of likely N-dealkylation sites (N-methyl/N-ethyl adjacent to an activating group) is 1. The van der Waals surface area contributed by atoms with Gasteiger partial charge in [0.1, 0.15) is 0 Å². The maximum Gasteiger partial charge on any atom is 0.237 e. The number of nitrogens with one attached hydrogen (secondary N) is 2. The van der Waals surface area contributed by atoms with Gasteiger partial charge in [0.25, 0.3) is 0 Å². The molecule has 0 aromatic heterocycles. The first-order chi connectivity index (χ1) is 9.68. The minimum absolute atomic E-state index is 0. The van der Waals surface area contributed by atoms with E-state index in [4.69, 9.17) is 0 Å². The van der Waals surface area contributed by atoms with Crippen LogP contribution in [0.1, 0.15) is 26.2 Å². The van der Waals surface area contributed by atoms with Crippen LogP contribution in [0.25, 0.3) is 0 Å². The number of halogens is 2. The summed E-state index contributed by atoms with van der Waals surface area (Å²) >= 11 is 0. The molecule has 1 amide bonds. The van der Waals surface area contributed by atoms with E-state index < -0.39 is 0 Å². The number of piperidine rings is 1. The minimum atomic E-state index is -0.00187. The molecule has 126 valence electrons. The number of nitrogens with zero attached hydrogens (tertiary/aromatic N) is 1. The summed E-state index contributed by atoms with van der Waals surface area (Å²) in [6.45, 7) is 3.75. The second kappa shape index (κ2) is 10.7. The van der Waals surface area contributed by atoms with Crippen LogP contribution >= 0.6 is 24.8 Å². The van der Waals surface area contributed by atoms with Gasteiger partial charge in [-0.15, -0.1) is 24.8 Å². The Morgan fingerprint density at radius 1 is 1.32 bits per heavy atom. The van der Waals surface area contributed by atoms with Gasteiger partial charge < -0.3 is 15.5 Å². The van der Waals surface area contributed by atoms with Gasteiger partial charge in [0.05, 0.1) is 6.04 Å². The fourth-order valence-corrected chi connectivity index (χ4v) is 2.50. The molecular formula is C16H27Cl2N3O. The molecule has 2 unspecified atom stereocenters. The zero-order valence-corrected chi connectivity index (χ0v) is 14.9. The lowest BCUT2D eigenvalue weighted by Gasteiger charge is -2.28. The van der Waals surface area contributed by atoms with Crippen molar-refractivity contribution in [3.63, 3.8) is 0 Å². The van der Waals surface area contributed by atoms with E-state index in [9.17, 15) is 4.79 Å². The summed E-state index contributed by atoms with van der Waals surface area (Å²) in [4.78, 5) is 14.3. The number of anilines is 1. The molecule has 2 N–H and O–H groups in total. The number of hydrogen-bond acceptors (Lipinski definition) is 3. The summed E-state index contributed by atoms with van der Waals surface area (Å²) in [6.07, 6.45) is 3.27. The van der Waals surface area contributed by atoms with E-state index in [1.165, 1.54) is 12.1 Å². The Bertz CT molecular complexity index is 425. The molecule has 1 fully saturated rings. The largest absolute Gasteiger partial charge is 0.370 e. The Labute approximate surface area is 145 Å². The fraction of sp³-hybridized carbons (Fsp3) is 0.562. The van der Waals surface area contributed by atoms with Gasteiger partial charge in [-0.3, -0.25) is 4.79 Å². The molecule has 1 aliphatic heterocycles. The number of para-hydroxylation sites is 1. The van der Waals surface area contributed by atoms with Crippen molar-refractivity contribution in [2.24, 2.45) is 0 Å². The Morgan fingerprint density at radius 3 is 2.59 bits per heavy atom. The molecule has 2 atom stereocenters. The molecule has 1 heterocycles. The van der Waals surface area contributed by atoms with Crippen molar-refractivity contribution in [2.75, 3.05) is 25.0 Å². The SMILES string of the molecule is CC(CNC(=O)C1CCCCN1)N(C)c1ccccc1.Cl.Cl. The molecule has 0 aliphatic carbocycles. The highest BCUT2D eigenvalue weighted by Gasteiger charge is 2.21. The quantitative estimate of drug-likeness (QED) is 0.860. The predicted octanol–water partition coefficient (Wildman–Crippen LogP) is 2.61. The monoisotopic (exact) mass is 347 g/mol. The summed E-state index contributed by atoms with van der Waals surface area (Å²) in [7, 11) is 2.06. The normalized spacial score (nSPS) is 18.4. The van der Waals surface area contributed by atoms with Crippen molar-refractivity contribution in [1.29, 1.82) is 0 Å². The van der Waals surface area contributed by atoms with Gasteiger partial charge in [0, 0.05) is 25.3 Å². The van der Waals surface area contributed by atoms with Crippen LogP contribution in [-0.2, 0) is 4.79 Å². The number of hydrogen-bond donors (Lipinski definition) is 2. The number of benzene rings is 1. The van der Waals surface area contributed by atoms with Crippen LogP contribution in [0.5, 0.6) is 0 Å². The first-order valence-electron chi connectivity index (χ1n) is 7.47. The third-order valence-electron chi connectivity index (χ3n) is 4.02. The van der Waals surface area contributed by atoms with E-state index in [1.54, 1.807) is 0 Å². The summed E-state index contributed by atoms with van der Waals surface area (Å²) in [6, 6.07) is 10.5. The second-order valence-electron chi connectivity index (χ2n) is 5.54. The minimum Gasteiger partial charge on any atom is -0.370 e. The van der Waals surface area contributed by atoms with Crippen molar-refractivity contribution >= 4 is 36.4 Å². The van der Waals surface area contributed by atoms with Crippen molar-refractivity contribution in [2.45, 2.75) is 38.3 Å². The highest BCUT2D eigenvalue weighted by atomic mass is 35.5. The second-order valence-corrected chi connectivity index (χ2v) is 5.54. The van der Waals surface area contributed by atoms with Crippen LogP contribution in [0.4, 0.5) is 5.69 Å². The molecule has 1 aliphatic rings. The zero-order valence-electron chi connectivity index (χ0n) is 13.2. The number of carbonyl (C=O) groups is 1. The average Bonchev–Trinajstić information content (AvgIpc) is 2.53. The Morgan fingerprint density at radius 2 is 2.00 bits per heavy atom. The lowest BCUT2D eigenvalue weighted by molar-refractivity contribution is -0.123. The van der Waals surface area contributed by atoms with Crippen molar-refractivity contribution in [3.8, 4) is 0 Å². The van der Waals surface area contributed by atoms with E-state index in [0.29, 0.717) is 6.54 Å². The van der Waals surface area contributed by atoms with Crippen LogP contribution in [-0.4, -0.2) is 38.1 Å². The number of rotatable bonds is 5. The van der Waals surface area contributed by atoms with Gasteiger partial charge in [-0.05, 0) is 38.4 Å². The number of carbonyl (C=O) groups excluding carboxylic acids is 1. The highest BCUT2D eigenvalue weighted by Crippen LogP contribution is 2.13. The third kappa shape index (κ3) is 6.03. The van der Waals surface area contributed by atoms with Crippen LogP contribution < -0.4 is 15.5 Å². The molecule has 1 aromatic rings. The molecular weight excluding hydrogens is 321 g/mol. The first kappa shape index (κ1) is 21.0.